The van der Waals surface area contributed by atoms with Crippen LogP contribution in [0.3, 0.4) is 0 Å². The first-order valence-electron chi connectivity index (χ1n) is 6.09. The molecule has 1 amide bonds. The molecule has 2 aromatic rings. The second-order valence-corrected chi connectivity index (χ2v) is 4.22. The minimum Gasteiger partial charge on any atom is -0.490 e. The summed E-state index contributed by atoms with van der Waals surface area (Å²) in [5.74, 6) is 0.0317. The van der Waals surface area contributed by atoms with Gasteiger partial charge in [-0.1, -0.05) is 6.07 Å². The minimum atomic E-state index is -0.564. The smallest absolute Gasteiger partial charge is 0.314 e. The van der Waals surface area contributed by atoms with E-state index in [1.54, 1.807) is 24.4 Å². The Balaban J connectivity index is 2.38. The van der Waals surface area contributed by atoms with Gasteiger partial charge in [-0.05, 0) is 31.2 Å². The van der Waals surface area contributed by atoms with Gasteiger partial charge in [0.15, 0.2) is 5.75 Å². The number of methoxy groups -OCH3 is 1. The van der Waals surface area contributed by atoms with E-state index in [1.807, 2.05) is 0 Å². The van der Waals surface area contributed by atoms with E-state index in [0.29, 0.717) is 5.82 Å². The summed E-state index contributed by atoms with van der Waals surface area (Å²) >= 11 is 0. The topological polar surface area (TPSA) is 94.4 Å². The Hall–Kier alpha value is -2.96. The zero-order valence-corrected chi connectivity index (χ0v) is 11.5. The van der Waals surface area contributed by atoms with Crippen LogP contribution in [0.25, 0.3) is 0 Å². The third-order valence-corrected chi connectivity index (χ3v) is 2.95. The number of nitro benzene ring substituents is 1. The van der Waals surface area contributed by atoms with Crippen molar-refractivity contribution in [3.63, 3.8) is 0 Å². The molecule has 1 heterocycles. The van der Waals surface area contributed by atoms with Gasteiger partial charge in [0.25, 0.3) is 5.91 Å². The maximum Gasteiger partial charge on any atom is 0.314 e. The average Bonchev–Trinajstić information content (AvgIpc) is 2.47. The lowest BCUT2D eigenvalue weighted by Gasteiger charge is -2.09. The van der Waals surface area contributed by atoms with Crippen molar-refractivity contribution in [3.05, 3.63) is 57.8 Å². The van der Waals surface area contributed by atoms with Crippen molar-refractivity contribution < 1.29 is 14.5 Å². The highest BCUT2D eigenvalue weighted by Gasteiger charge is 2.24. The van der Waals surface area contributed by atoms with E-state index in [9.17, 15) is 14.9 Å². The number of ether oxygens (including phenoxy) is 1. The van der Waals surface area contributed by atoms with Crippen molar-refractivity contribution in [2.24, 2.45) is 0 Å². The maximum absolute atomic E-state index is 12.2. The van der Waals surface area contributed by atoms with Gasteiger partial charge < -0.3 is 10.1 Å². The third-order valence-electron chi connectivity index (χ3n) is 2.95. The van der Waals surface area contributed by atoms with Crippen LogP contribution in [-0.4, -0.2) is 22.9 Å². The van der Waals surface area contributed by atoms with Crippen LogP contribution in [-0.2, 0) is 0 Å². The molecule has 7 heteroatoms. The highest BCUT2D eigenvalue weighted by Crippen LogP contribution is 2.32. The zero-order chi connectivity index (χ0) is 15.4. The predicted octanol–water partition coefficient (Wildman–Crippen LogP) is 2.56. The number of nitro groups is 1. The summed E-state index contributed by atoms with van der Waals surface area (Å²) in [6.45, 7) is 1.51. The van der Waals surface area contributed by atoms with E-state index in [2.05, 4.69) is 10.3 Å². The normalized spacial score (nSPS) is 10.0. The standard InChI is InChI=1S/C14H13N3O4/c1-9-10(6-7-11(21-2)13(9)17(19)20)14(18)16-12-5-3-4-8-15-12/h3-8H,1-2H3,(H,15,16,18). The number of benzene rings is 1. The lowest BCUT2D eigenvalue weighted by Crippen LogP contribution is -2.15. The number of hydrogen-bond acceptors (Lipinski definition) is 5. The Bertz CT molecular complexity index is 686. The molecule has 0 aliphatic carbocycles. The van der Waals surface area contributed by atoms with Crippen LogP contribution in [0.2, 0.25) is 0 Å². The van der Waals surface area contributed by atoms with Gasteiger partial charge in [0.2, 0.25) is 0 Å². The molecule has 0 saturated heterocycles. The number of amides is 1. The molecule has 1 aromatic carbocycles. The van der Waals surface area contributed by atoms with E-state index >= 15 is 0 Å². The van der Waals surface area contributed by atoms with Crippen LogP contribution >= 0.6 is 0 Å². The largest absolute Gasteiger partial charge is 0.490 e. The number of hydrogen-bond donors (Lipinski definition) is 1. The molecule has 2 rings (SSSR count). The van der Waals surface area contributed by atoms with Crippen molar-refractivity contribution >= 4 is 17.4 Å². The molecule has 0 radical (unpaired) electrons. The van der Waals surface area contributed by atoms with Gasteiger partial charge in [-0.15, -0.1) is 0 Å². The number of anilines is 1. The van der Waals surface area contributed by atoms with Crippen LogP contribution in [0, 0.1) is 17.0 Å². The van der Waals surface area contributed by atoms with Crippen molar-refractivity contribution in [3.8, 4) is 5.75 Å². The summed E-state index contributed by atoms with van der Waals surface area (Å²) < 4.78 is 4.95. The molecule has 0 aliphatic heterocycles. The zero-order valence-electron chi connectivity index (χ0n) is 11.5. The highest BCUT2D eigenvalue weighted by atomic mass is 16.6. The van der Waals surface area contributed by atoms with Crippen molar-refractivity contribution in [1.29, 1.82) is 0 Å². The molecule has 1 aromatic heterocycles. The number of pyridine rings is 1. The van der Waals surface area contributed by atoms with Crippen LogP contribution in [0.1, 0.15) is 15.9 Å². The van der Waals surface area contributed by atoms with Gasteiger partial charge in [-0.3, -0.25) is 14.9 Å². The van der Waals surface area contributed by atoms with Crippen LogP contribution < -0.4 is 10.1 Å². The molecule has 0 bridgehead atoms. The fourth-order valence-corrected chi connectivity index (χ4v) is 1.93. The van der Waals surface area contributed by atoms with Gasteiger partial charge in [-0.25, -0.2) is 4.98 Å². The van der Waals surface area contributed by atoms with Gasteiger partial charge in [0.05, 0.1) is 12.0 Å². The molecule has 1 N–H and O–H groups in total. The molecule has 0 spiro atoms. The first-order chi connectivity index (χ1) is 10.0. The van der Waals surface area contributed by atoms with Gasteiger partial charge in [0.1, 0.15) is 5.82 Å². The summed E-state index contributed by atoms with van der Waals surface area (Å²) in [6.07, 6.45) is 1.54. The number of nitrogens with one attached hydrogen (secondary N) is 1. The molecule has 7 nitrogen and oxygen atoms in total. The number of carbonyl (C=O) groups excluding carboxylic acids is 1. The Morgan fingerprint density at radius 2 is 2.10 bits per heavy atom. The number of aromatic nitrogens is 1. The fraction of sp³-hybridized carbons (Fsp3) is 0.143. The molecule has 0 aliphatic rings. The number of rotatable bonds is 4. The Labute approximate surface area is 120 Å². The summed E-state index contributed by atoms with van der Waals surface area (Å²) in [5, 5.41) is 13.7. The van der Waals surface area contributed by atoms with Crippen LogP contribution in [0.15, 0.2) is 36.5 Å². The van der Waals surface area contributed by atoms with Gasteiger partial charge >= 0.3 is 5.69 Å². The second-order valence-electron chi connectivity index (χ2n) is 4.22. The monoisotopic (exact) mass is 287 g/mol. The lowest BCUT2D eigenvalue weighted by atomic mass is 10.1. The SMILES string of the molecule is COc1ccc(C(=O)Nc2ccccn2)c(C)c1[N+](=O)[O-]. The fourth-order valence-electron chi connectivity index (χ4n) is 1.93. The first-order valence-corrected chi connectivity index (χ1v) is 6.09. The predicted molar refractivity (Wildman–Crippen MR) is 76.6 cm³/mol. The van der Waals surface area contributed by atoms with Crippen molar-refractivity contribution in [2.45, 2.75) is 6.92 Å². The van der Waals surface area contributed by atoms with Crippen LogP contribution in [0.4, 0.5) is 11.5 Å². The van der Waals surface area contributed by atoms with Gasteiger partial charge in [-0.2, -0.15) is 0 Å². The summed E-state index contributed by atoms with van der Waals surface area (Å²) in [4.78, 5) is 26.7. The van der Waals surface area contributed by atoms with E-state index in [1.165, 1.54) is 26.2 Å². The molecule has 0 fully saturated rings. The molecule has 0 atom stereocenters. The highest BCUT2D eigenvalue weighted by molar-refractivity contribution is 6.05. The average molecular weight is 287 g/mol. The van der Waals surface area contributed by atoms with Crippen LogP contribution in [0.5, 0.6) is 5.75 Å². The second kappa shape index (κ2) is 6.00. The molecule has 108 valence electrons. The minimum absolute atomic E-state index is 0.117. The van der Waals surface area contributed by atoms with E-state index < -0.39 is 10.8 Å². The quantitative estimate of drug-likeness (QED) is 0.688. The number of carbonyl (C=O) groups is 1. The maximum atomic E-state index is 12.2. The Morgan fingerprint density at radius 3 is 2.67 bits per heavy atom. The third kappa shape index (κ3) is 2.97. The molecule has 0 unspecified atom stereocenters. The lowest BCUT2D eigenvalue weighted by molar-refractivity contribution is -0.386. The molecular weight excluding hydrogens is 274 g/mol. The van der Waals surface area contributed by atoms with Crippen molar-refractivity contribution in [2.75, 3.05) is 12.4 Å². The Kier molecular flexibility index (Phi) is 4.13. The molecular formula is C14H13N3O4. The van der Waals surface area contributed by atoms with E-state index in [0.717, 1.165) is 0 Å². The first kappa shape index (κ1) is 14.4. The van der Waals surface area contributed by atoms with Crippen molar-refractivity contribution in [1.82, 2.24) is 4.98 Å². The van der Waals surface area contributed by atoms with E-state index in [-0.39, 0.29) is 22.6 Å². The molecule has 21 heavy (non-hydrogen) atoms. The Morgan fingerprint density at radius 1 is 1.33 bits per heavy atom. The van der Waals surface area contributed by atoms with E-state index in [4.69, 9.17) is 4.74 Å². The summed E-state index contributed by atoms with van der Waals surface area (Å²) in [7, 11) is 1.34. The number of nitrogens with zero attached hydrogens (tertiary/aromatic N) is 2. The molecule has 0 saturated carbocycles. The summed E-state index contributed by atoms with van der Waals surface area (Å²) in [6, 6.07) is 7.97. The van der Waals surface area contributed by atoms with Gasteiger partial charge in [0, 0.05) is 17.3 Å². The summed E-state index contributed by atoms with van der Waals surface area (Å²) in [5.41, 5.74) is 0.229.